The Morgan fingerprint density at radius 2 is 2.28 bits per heavy atom. The van der Waals surface area contributed by atoms with Gasteiger partial charge in [0.15, 0.2) is 0 Å². The summed E-state index contributed by atoms with van der Waals surface area (Å²) >= 11 is 0. The van der Waals surface area contributed by atoms with Crippen LogP contribution in [0.25, 0.3) is 0 Å². The number of methoxy groups -OCH3 is 1. The Labute approximate surface area is 107 Å². The monoisotopic (exact) mass is 246 g/mol. The van der Waals surface area contributed by atoms with Crippen LogP contribution in [0.2, 0.25) is 0 Å². The molecule has 1 aromatic rings. The summed E-state index contributed by atoms with van der Waals surface area (Å²) in [5.41, 5.74) is 1.08. The molecule has 4 nitrogen and oxygen atoms in total. The Morgan fingerprint density at radius 1 is 1.39 bits per heavy atom. The van der Waals surface area contributed by atoms with Crippen molar-refractivity contribution in [3.8, 4) is 5.75 Å². The van der Waals surface area contributed by atoms with Gasteiger partial charge in [-0.1, -0.05) is 18.2 Å². The summed E-state index contributed by atoms with van der Waals surface area (Å²) in [6.45, 7) is 1.75. The number of aliphatic imine (C=N–C) groups is 1. The molecular formula is C14H18N2O2. The van der Waals surface area contributed by atoms with E-state index >= 15 is 0 Å². The Hall–Kier alpha value is -1.55. The van der Waals surface area contributed by atoms with E-state index in [1.165, 1.54) is 6.42 Å². The molecule has 0 spiro atoms. The van der Waals surface area contributed by atoms with E-state index in [1.54, 1.807) is 7.11 Å². The zero-order valence-corrected chi connectivity index (χ0v) is 10.6. The average Bonchev–Trinajstić information content (AvgIpc) is 3.09. The van der Waals surface area contributed by atoms with Gasteiger partial charge in [0.05, 0.1) is 19.7 Å². The fraction of sp³-hybridized carbons (Fsp3) is 0.500. The first kappa shape index (κ1) is 11.5. The molecule has 2 heterocycles. The Kier molecular flexibility index (Phi) is 3.19. The van der Waals surface area contributed by atoms with Crippen LogP contribution in [-0.4, -0.2) is 32.1 Å². The highest BCUT2D eigenvalue weighted by molar-refractivity contribution is 5.83. The van der Waals surface area contributed by atoms with Crippen molar-refractivity contribution in [2.24, 2.45) is 4.99 Å². The maximum Gasteiger partial charge on any atom is 0.201 e. The highest BCUT2D eigenvalue weighted by Gasteiger charge is 2.30. The van der Waals surface area contributed by atoms with Crippen molar-refractivity contribution >= 4 is 5.90 Å². The number of nitrogens with one attached hydrogen (secondary N) is 1. The maximum absolute atomic E-state index is 5.98. The number of para-hydroxylation sites is 1. The van der Waals surface area contributed by atoms with E-state index in [1.807, 2.05) is 24.3 Å². The van der Waals surface area contributed by atoms with Gasteiger partial charge in [0.2, 0.25) is 5.90 Å². The first-order valence-corrected chi connectivity index (χ1v) is 6.46. The van der Waals surface area contributed by atoms with Gasteiger partial charge in [-0.15, -0.1) is 0 Å². The number of hydrogen-bond acceptors (Lipinski definition) is 4. The van der Waals surface area contributed by atoms with Crippen LogP contribution < -0.4 is 10.1 Å². The van der Waals surface area contributed by atoms with Crippen molar-refractivity contribution in [1.29, 1.82) is 0 Å². The Bertz CT molecular complexity index is 453. The molecule has 0 aromatic heterocycles. The molecule has 2 atom stereocenters. The van der Waals surface area contributed by atoms with Crippen molar-refractivity contribution < 1.29 is 9.47 Å². The molecule has 0 bridgehead atoms. The summed E-state index contributed by atoms with van der Waals surface area (Å²) in [7, 11) is 1.69. The molecule has 96 valence electrons. The molecule has 1 aromatic carbocycles. The minimum Gasteiger partial charge on any atom is -0.496 e. The fourth-order valence-electron chi connectivity index (χ4n) is 2.58. The number of nitrogens with zero attached hydrogens (tertiary/aromatic N) is 1. The van der Waals surface area contributed by atoms with Gasteiger partial charge in [0.25, 0.3) is 0 Å². The molecule has 3 rings (SSSR count). The topological polar surface area (TPSA) is 42.8 Å². The van der Waals surface area contributed by atoms with E-state index in [2.05, 4.69) is 10.3 Å². The van der Waals surface area contributed by atoms with E-state index in [0.29, 0.717) is 12.6 Å². The molecule has 2 unspecified atom stereocenters. The summed E-state index contributed by atoms with van der Waals surface area (Å²) < 4.78 is 11.4. The standard InChI is InChI=1S/C14H18N2O2/c1-17-12-7-3-2-5-10(12)13-9-16-14(18-13)11-6-4-8-15-11/h2-3,5,7,11,13,15H,4,6,8-9H2,1H3. The lowest BCUT2D eigenvalue weighted by atomic mass is 10.1. The number of hydrogen-bond donors (Lipinski definition) is 1. The SMILES string of the molecule is COc1ccccc1C1CN=C(C2CCCN2)O1. The third-order valence-electron chi connectivity index (χ3n) is 3.52. The molecule has 0 aliphatic carbocycles. The number of benzene rings is 1. The van der Waals surface area contributed by atoms with Gasteiger partial charge in [-0.2, -0.15) is 0 Å². The van der Waals surface area contributed by atoms with Crippen LogP contribution in [0.1, 0.15) is 24.5 Å². The molecule has 0 radical (unpaired) electrons. The van der Waals surface area contributed by atoms with Gasteiger partial charge >= 0.3 is 0 Å². The zero-order chi connectivity index (χ0) is 12.4. The minimum atomic E-state index is -0.00134. The number of rotatable bonds is 3. The highest BCUT2D eigenvalue weighted by atomic mass is 16.5. The average molecular weight is 246 g/mol. The normalized spacial score (nSPS) is 26.8. The maximum atomic E-state index is 5.98. The molecule has 1 saturated heterocycles. The molecule has 0 saturated carbocycles. The van der Waals surface area contributed by atoms with Gasteiger partial charge in [0, 0.05) is 5.56 Å². The highest BCUT2D eigenvalue weighted by Crippen LogP contribution is 2.31. The van der Waals surface area contributed by atoms with Crippen molar-refractivity contribution in [3.05, 3.63) is 29.8 Å². The van der Waals surface area contributed by atoms with Crippen LogP contribution >= 0.6 is 0 Å². The predicted molar refractivity (Wildman–Crippen MR) is 70.1 cm³/mol. The second-order valence-electron chi connectivity index (χ2n) is 4.68. The second kappa shape index (κ2) is 4.98. The van der Waals surface area contributed by atoms with Crippen molar-refractivity contribution in [3.63, 3.8) is 0 Å². The molecule has 1 N–H and O–H groups in total. The summed E-state index contributed by atoms with van der Waals surface area (Å²) in [6.07, 6.45) is 2.32. The van der Waals surface area contributed by atoms with Crippen LogP contribution in [-0.2, 0) is 4.74 Å². The number of ether oxygens (including phenoxy) is 2. The molecular weight excluding hydrogens is 228 g/mol. The Balaban J connectivity index is 1.73. The largest absolute Gasteiger partial charge is 0.496 e. The van der Waals surface area contributed by atoms with Gasteiger partial charge in [-0.3, -0.25) is 0 Å². The second-order valence-corrected chi connectivity index (χ2v) is 4.68. The quantitative estimate of drug-likeness (QED) is 0.886. The fourth-order valence-corrected chi connectivity index (χ4v) is 2.58. The first-order valence-electron chi connectivity index (χ1n) is 6.46. The summed E-state index contributed by atoms with van der Waals surface area (Å²) in [5.74, 6) is 1.74. The first-order chi connectivity index (χ1) is 8.88. The molecule has 1 fully saturated rings. The van der Waals surface area contributed by atoms with Crippen LogP contribution in [0.15, 0.2) is 29.3 Å². The molecule has 2 aliphatic rings. The van der Waals surface area contributed by atoms with Gasteiger partial charge in [-0.05, 0) is 25.5 Å². The molecule has 18 heavy (non-hydrogen) atoms. The van der Waals surface area contributed by atoms with Crippen molar-refractivity contribution in [2.75, 3.05) is 20.2 Å². The Morgan fingerprint density at radius 3 is 3.06 bits per heavy atom. The molecule has 4 heteroatoms. The summed E-state index contributed by atoms with van der Waals surface area (Å²) in [6, 6.07) is 8.30. The predicted octanol–water partition coefficient (Wildman–Crippen LogP) is 1.92. The third-order valence-corrected chi connectivity index (χ3v) is 3.52. The van der Waals surface area contributed by atoms with Crippen LogP contribution in [0, 0.1) is 0 Å². The van der Waals surface area contributed by atoms with E-state index in [4.69, 9.17) is 9.47 Å². The van der Waals surface area contributed by atoms with E-state index in [0.717, 1.165) is 30.2 Å². The summed E-state index contributed by atoms with van der Waals surface area (Å²) in [4.78, 5) is 4.53. The van der Waals surface area contributed by atoms with Crippen molar-refractivity contribution in [1.82, 2.24) is 5.32 Å². The lowest BCUT2D eigenvalue weighted by Gasteiger charge is -2.17. The van der Waals surface area contributed by atoms with Crippen molar-refractivity contribution in [2.45, 2.75) is 25.0 Å². The third kappa shape index (κ3) is 2.08. The summed E-state index contributed by atoms with van der Waals surface area (Å²) in [5, 5.41) is 3.41. The van der Waals surface area contributed by atoms with Gasteiger partial charge in [0.1, 0.15) is 11.9 Å². The van der Waals surface area contributed by atoms with Gasteiger partial charge in [-0.25, -0.2) is 4.99 Å². The van der Waals surface area contributed by atoms with Crippen LogP contribution in [0.5, 0.6) is 5.75 Å². The zero-order valence-electron chi connectivity index (χ0n) is 10.6. The minimum absolute atomic E-state index is 0.00134. The molecule has 0 amide bonds. The smallest absolute Gasteiger partial charge is 0.201 e. The molecule has 2 aliphatic heterocycles. The van der Waals surface area contributed by atoms with Crippen LogP contribution in [0.3, 0.4) is 0 Å². The van der Waals surface area contributed by atoms with Gasteiger partial charge < -0.3 is 14.8 Å². The lowest BCUT2D eigenvalue weighted by Crippen LogP contribution is -2.31. The van der Waals surface area contributed by atoms with E-state index in [9.17, 15) is 0 Å². The van der Waals surface area contributed by atoms with E-state index in [-0.39, 0.29) is 6.10 Å². The lowest BCUT2D eigenvalue weighted by molar-refractivity contribution is 0.213. The van der Waals surface area contributed by atoms with E-state index < -0.39 is 0 Å². The van der Waals surface area contributed by atoms with Crippen LogP contribution in [0.4, 0.5) is 0 Å².